The van der Waals surface area contributed by atoms with Gasteiger partial charge in [0.1, 0.15) is 0 Å². The van der Waals surface area contributed by atoms with E-state index >= 15 is 0 Å². The third-order valence-corrected chi connectivity index (χ3v) is 3.10. The number of aliphatic carboxylic acids is 1. The summed E-state index contributed by atoms with van der Waals surface area (Å²) in [6, 6.07) is 1.88. The maximum absolute atomic E-state index is 11.8. The molecule has 1 aromatic heterocycles. The molecule has 1 aromatic rings. The van der Waals surface area contributed by atoms with Crippen LogP contribution in [0, 0.1) is 0 Å². The molecule has 0 radical (unpaired) electrons. The van der Waals surface area contributed by atoms with Crippen molar-refractivity contribution in [2.75, 3.05) is 26.2 Å². The Morgan fingerprint density at radius 3 is 2.25 bits per heavy atom. The van der Waals surface area contributed by atoms with Crippen molar-refractivity contribution in [2.45, 2.75) is 6.18 Å². The molecule has 2 N–H and O–H groups in total. The third kappa shape index (κ3) is 5.17. The van der Waals surface area contributed by atoms with Crippen molar-refractivity contribution >= 4 is 23.2 Å². The summed E-state index contributed by atoms with van der Waals surface area (Å²) in [5.74, 6) is -2.59. The summed E-state index contributed by atoms with van der Waals surface area (Å²) in [7, 11) is 0. The van der Waals surface area contributed by atoms with E-state index in [1.54, 1.807) is 11.3 Å². The number of amides is 1. The lowest BCUT2D eigenvalue weighted by atomic mass is 10.2. The molecule has 0 aliphatic carbocycles. The number of piperazine rings is 1. The molecule has 1 saturated heterocycles. The smallest absolute Gasteiger partial charge is 0.475 e. The quantitative estimate of drug-likeness (QED) is 0.823. The van der Waals surface area contributed by atoms with Crippen LogP contribution in [0.1, 0.15) is 10.4 Å². The first kappa shape index (κ1) is 16.4. The second kappa shape index (κ2) is 7.25. The SMILES string of the molecule is O=C(O)C(F)(F)F.O=C(c1ccsc1)N1CCNCC1. The van der Waals surface area contributed by atoms with Crippen LogP contribution in [0.4, 0.5) is 13.2 Å². The molecular weight excluding hydrogens is 297 g/mol. The summed E-state index contributed by atoms with van der Waals surface area (Å²) in [5.41, 5.74) is 0.826. The van der Waals surface area contributed by atoms with E-state index in [1.807, 2.05) is 21.7 Å². The van der Waals surface area contributed by atoms with E-state index in [9.17, 15) is 18.0 Å². The molecule has 2 rings (SSSR count). The Hall–Kier alpha value is -1.61. The highest BCUT2D eigenvalue weighted by Gasteiger charge is 2.38. The standard InChI is InChI=1S/C9H12N2OS.C2HF3O2/c12-9(8-1-6-13-7-8)11-4-2-10-3-5-11;3-2(4,5)1(6)7/h1,6-7,10H,2-5H2;(H,6,7). The number of halogens is 3. The molecule has 0 saturated carbocycles. The Morgan fingerprint density at radius 1 is 1.30 bits per heavy atom. The fourth-order valence-corrected chi connectivity index (χ4v) is 2.07. The Balaban J connectivity index is 0.000000246. The summed E-state index contributed by atoms with van der Waals surface area (Å²) in [6.07, 6.45) is -5.08. The van der Waals surface area contributed by atoms with E-state index in [0.29, 0.717) is 0 Å². The predicted octanol–water partition coefficient (Wildman–Crippen LogP) is 1.43. The minimum atomic E-state index is -5.08. The van der Waals surface area contributed by atoms with Crippen LogP contribution >= 0.6 is 11.3 Å². The average Bonchev–Trinajstić information content (AvgIpc) is 2.92. The van der Waals surface area contributed by atoms with Crippen molar-refractivity contribution in [3.8, 4) is 0 Å². The van der Waals surface area contributed by atoms with Gasteiger partial charge in [0.2, 0.25) is 0 Å². The Morgan fingerprint density at radius 2 is 1.85 bits per heavy atom. The van der Waals surface area contributed by atoms with Crippen LogP contribution in [-0.2, 0) is 4.79 Å². The number of nitrogens with one attached hydrogen (secondary N) is 1. The van der Waals surface area contributed by atoms with Crippen LogP contribution in [0.3, 0.4) is 0 Å². The Bertz CT molecular complexity index is 442. The van der Waals surface area contributed by atoms with Gasteiger partial charge in [-0.3, -0.25) is 4.79 Å². The molecule has 1 amide bonds. The van der Waals surface area contributed by atoms with Crippen molar-refractivity contribution in [3.05, 3.63) is 22.4 Å². The van der Waals surface area contributed by atoms with Gasteiger partial charge >= 0.3 is 12.1 Å². The maximum atomic E-state index is 11.8. The van der Waals surface area contributed by atoms with Crippen molar-refractivity contribution in [3.63, 3.8) is 0 Å². The number of carbonyl (C=O) groups excluding carboxylic acids is 1. The van der Waals surface area contributed by atoms with E-state index in [-0.39, 0.29) is 5.91 Å². The molecule has 0 aromatic carbocycles. The fraction of sp³-hybridized carbons (Fsp3) is 0.455. The van der Waals surface area contributed by atoms with E-state index in [1.165, 1.54) is 0 Å². The molecule has 1 aliphatic heterocycles. The second-order valence-electron chi connectivity index (χ2n) is 3.86. The van der Waals surface area contributed by atoms with E-state index in [2.05, 4.69) is 5.32 Å². The summed E-state index contributed by atoms with van der Waals surface area (Å²) >= 11 is 1.57. The first-order valence-corrected chi connectivity index (χ1v) is 6.59. The zero-order valence-electron chi connectivity index (χ0n) is 10.3. The van der Waals surface area contributed by atoms with Gasteiger partial charge in [0.25, 0.3) is 5.91 Å². The molecule has 0 spiro atoms. The van der Waals surface area contributed by atoms with Gasteiger partial charge < -0.3 is 15.3 Å². The number of carboxylic acids is 1. The lowest BCUT2D eigenvalue weighted by molar-refractivity contribution is -0.192. The molecule has 5 nitrogen and oxygen atoms in total. The molecule has 20 heavy (non-hydrogen) atoms. The second-order valence-corrected chi connectivity index (χ2v) is 4.64. The van der Waals surface area contributed by atoms with Crippen molar-refractivity contribution in [1.29, 1.82) is 0 Å². The number of nitrogens with zero attached hydrogens (tertiary/aromatic N) is 1. The van der Waals surface area contributed by atoms with Crippen LogP contribution in [0.5, 0.6) is 0 Å². The van der Waals surface area contributed by atoms with Crippen LogP contribution in [0.15, 0.2) is 16.8 Å². The largest absolute Gasteiger partial charge is 0.490 e. The molecule has 1 fully saturated rings. The molecule has 1 aliphatic rings. The topological polar surface area (TPSA) is 69.6 Å². The average molecular weight is 310 g/mol. The molecule has 2 heterocycles. The monoisotopic (exact) mass is 310 g/mol. The van der Waals surface area contributed by atoms with Gasteiger partial charge in [-0.1, -0.05) is 0 Å². The van der Waals surface area contributed by atoms with Gasteiger partial charge in [-0.25, -0.2) is 4.79 Å². The van der Waals surface area contributed by atoms with Gasteiger partial charge in [-0.2, -0.15) is 24.5 Å². The van der Waals surface area contributed by atoms with Crippen LogP contribution in [0.2, 0.25) is 0 Å². The zero-order valence-corrected chi connectivity index (χ0v) is 11.1. The number of alkyl halides is 3. The van der Waals surface area contributed by atoms with Gasteiger partial charge in [0.15, 0.2) is 0 Å². The van der Waals surface area contributed by atoms with Gasteiger partial charge in [-0.15, -0.1) is 0 Å². The molecule has 0 unspecified atom stereocenters. The van der Waals surface area contributed by atoms with Crippen LogP contribution < -0.4 is 5.32 Å². The van der Waals surface area contributed by atoms with Crippen LogP contribution in [-0.4, -0.2) is 54.2 Å². The molecule has 112 valence electrons. The molecule has 9 heteroatoms. The van der Waals surface area contributed by atoms with E-state index in [0.717, 1.165) is 31.7 Å². The van der Waals surface area contributed by atoms with Gasteiger partial charge in [-0.05, 0) is 11.4 Å². The van der Waals surface area contributed by atoms with Crippen molar-refractivity contribution in [2.24, 2.45) is 0 Å². The Labute approximate surface area is 117 Å². The minimum Gasteiger partial charge on any atom is -0.475 e. The third-order valence-electron chi connectivity index (χ3n) is 2.41. The number of hydrogen-bond donors (Lipinski definition) is 2. The zero-order chi connectivity index (χ0) is 15.2. The molecule has 0 bridgehead atoms. The highest BCUT2D eigenvalue weighted by molar-refractivity contribution is 7.08. The molecular formula is C11H13F3N2O3S. The highest BCUT2D eigenvalue weighted by Crippen LogP contribution is 2.13. The number of hydrogen-bond acceptors (Lipinski definition) is 4. The maximum Gasteiger partial charge on any atom is 0.490 e. The first-order chi connectivity index (χ1) is 9.32. The van der Waals surface area contributed by atoms with Crippen molar-refractivity contribution in [1.82, 2.24) is 10.2 Å². The number of carbonyl (C=O) groups is 2. The lowest BCUT2D eigenvalue weighted by Gasteiger charge is -2.27. The summed E-state index contributed by atoms with van der Waals surface area (Å²) < 4.78 is 31.7. The van der Waals surface area contributed by atoms with Crippen LogP contribution in [0.25, 0.3) is 0 Å². The lowest BCUT2D eigenvalue weighted by Crippen LogP contribution is -2.46. The van der Waals surface area contributed by atoms with Gasteiger partial charge in [0.05, 0.1) is 5.56 Å². The number of carboxylic acid groups (broad SMARTS) is 1. The first-order valence-electron chi connectivity index (χ1n) is 5.64. The summed E-state index contributed by atoms with van der Waals surface area (Å²) in [4.78, 5) is 22.6. The highest BCUT2D eigenvalue weighted by atomic mass is 32.1. The number of rotatable bonds is 1. The predicted molar refractivity (Wildman–Crippen MR) is 66.8 cm³/mol. The summed E-state index contributed by atoms with van der Waals surface area (Å²) in [5, 5.41) is 14.2. The summed E-state index contributed by atoms with van der Waals surface area (Å²) in [6.45, 7) is 3.48. The minimum absolute atomic E-state index is 0.169. The Kier molecular flexibility index (Phi) is 5.96. The van der Waals surface area contributed by atoms with E-state index in [4.69, 9.17) is 9.90 Å². The number of thiophene rings is 1. The van der Waals surface area contributed by atoms with E-state index < -0.39 is 12.1 Å². The molecule has 0 atom stereocenters. The fourth-order valence-electron chi connectivity index (χ4n) is 1.44. The normalized spacial score (nSPS) is 15.2. The van der Waals surface area contributed by atoms with Gasteiger partial charge in [0, 0.05) is 31.6 Å². The van der Waals surface area contributed by atoms with Crippen molar-refractivity contribution < 1.29 is 27.9 Å².